The van der Waals surface area contributed by atoms with Crippen molar-refractivity contribution in [3.8, 4) is 0 Å². The molecule has 0 saturated carbocycles. The van der Waals surface area contributed by atoms with Gasteiger partial charge in [-0.3, -0.25) is 13.9 Å². The Morgan fingerprint density at radius 3 is 2.00 bits per heavy atom. The number of amides is 2. The Labute approximate surface area is 243 Å². The first kappa shape index (κ1) is 31.2. The fraction of sp³-hybridized carbons (Fsp3) is 0.355. The highest BCUT2D eigenvalue weighted by atomic mass is 35.5. The van der Waals surface area contributed by atoms with E-state index in [1.807, 2.05) is 46.8 Å². The second-order valence-electron chi connectivity index (χ2n) is 11.1. The van der Waals surface area contributed by atoms with E-state index < -0.39 is 34.1 Å². The number of nitrogens with one attached hydrogen (secondary N) is 1. The zero-order valence-electron chi connectivity index (χ0n) is 23.9. The molecule has 3 aromatic carbocycles. The Kier molecular flexibility index (Phi) is 10.0. The number of halogens is 1. The van der Waals surface area contributed by atoms with Crippen LogP contribution in [0.5, 0.6) is 0 Å². The summed E-state index contributed by atoms with van der Waals surface area (Å²) >= 11 is 6.41. The maximum Gasteiger partial charge on any atom is 0.264 e. The van der Waals surface area contributed by atoms with Crippen molar-refractivity contribution in [3.63, 3.8) is 0 Å². The lowest BCUT2D eigenvalue weighted by atomic mass is 10.0. The highest BCUT2D eigenvalue weighted by Crippen LogP contribution is 2.27. The Hall–Kier alpha value is -3.36. The number of hydrogen-bond acceptors (Lipinski definition) is 4. The van der Waals surface area contributed by atoms with Crippen molar-refractivity contribution in [3.05, 3.63) is 95.0 Å². The van der Waals surface area contributed by atoms with Crippen LogP contribution in [0.15, 0.2) is 83.8 Å². The third-order valence-electron chi connectivity index (χ3n) is 6.42. The van der Waals surface area contributed by atoms with E-state index in [2.05, 4.69) is 5.32 Å². The van der Waals surface area contributed by atoms with Gasteiger partial charge in [0.15, 0.2) is 0 Å². The van der Waals surface area contributed by atoms with Crippen molar-refractivity contribution < 1.29 is 18.0 Å². The first-order valence-electron chi connectivity index (χ1n) is 13.2. The van der Waals surface area contributed by atoms with E-state index in [1.54, 1.807) is 61.5 Å². The van der Waals surface area contributed by atoms with Gasteiger partial charge in [0.05, 0.1) is 10.6 Å². The van der Waals surface area contributed by atoms with Gasteiger partial charge in [0.25, 0.3) is 10.0 Å². The molecule has 7 nitrogen and oxygen atoms in total. The Morgan fingerprint density at radius 1 is 0.875 bits per heavy atom. The summed E-state index contributed by atoms with van der Waals surface area (Å²) < 4.78 is 28.8. The van der Waals surface area contributed by atoms with Gasteiger partial charge in [-0.05, 0) is 75.1 Å². The van der Waals surface area contributed by atoms with E-state index >= 15 is 0 Å². The number of rotatable bonds is 10. The molecule has 40 heavy (non-hydrogen) atoms. The topological polar surface area (TPSA) is 86.8 Å². The van der Waals surface area contributed by atoms with Crippen LogP contribution in [0, 0.1) is 0 Å². The van der Waals surface area contributed by atoms with Crippen LogP contribution >= 0.6 is 11.6 Å². The van der Waals surface area contributed by atoms with Gasteiger partial charge >= 0.3 is 0 Å². The molecule has 1 atom stereocenters. The second-order valence-corrected chi connectivity index (χ2v) is 13.4. The van der Waals surface area contributed by atoms with Gasteiger partial charge in [0.2, 0.25) is 11.8 Å². The van der Waals surface area contributed by atoms with Crippen LogP contribution in [-0.2, 0) is 26.2 Å². The molecule has 0 fully saturated rings. The second kappa shape index (κ2) is 12.9. The first-order valence-corrected chi connectivity index (χ1v) is 15.0. The predicted octanol–water partition coefficient (Wildman–Crippen LogP) is 5.99. The number of benzene rings is 3. The van der Waals surface area contributed by atoms with Crippen LogP contribution in [0.25, 0.3) is 0 Å². The summed E-state index contributed by atoms with van der Waals surface area (Å²) in [6.45, 7) is 10.8. The van der Waals surface area contributed by atoms with E-state index in [-0.39, 0.29) is 23.3 Å². The van der Waals surface area contributed by atoms with Gasteiger partial charge in [-0.15, -0.1) is 0 Å². The third kappa shape index (κ3) is 7.86. The molecule has 214 valence electrons. The molecule has 0 radical (unpaired) electrons. The molecule has 0 aliphatic rings. The minimum absolute atomic E-state index is 0.0305. The fourth-order valence-corrected chi connectivity index (χ4v) is 5.77. The van der Waals surface area contributed by atoms with Crippen LogP contribution in [-0.4, -0.2) is 43.3 Å². The average Bonchev–Trinajstić information content (AvgIpc) is 2.90. The molecule has 3 aromatic rings. The summed E-state index contributed by atoms with van der Waals surface area (Å²) in [6.07, 6.45) is 0. The fourth-order valence-electron chi connectivity index (χ4n) is 4.14. The van der Waals surface area contributed by atoms with Gasteiger partial charge in [-0.2, -0.15) is 0 Å². The lowest BCUT2D eigenvalue weighted by Crippen LogP contribution is -2.54. The predicted molar refractivity (Wildman–Crippen MR) is 161 cm³/mol. The Balaban J connectivity index is 2.05. The van der Waals surface area contributed by atoms with Crippen molar-refractivity contribution in [2.24, 2.45) is 0 Å². The van der Waals surface area contributed by atoms with Crippen molar-refractivity contribution in [1.29, 1.82) is 0 Å². The van der Waals surface area contributed by atoms with Gasteiger partial charge in [0, 0.05) is 17.1 Å². The molecule has 3 rings (SSSR count). The van der Waals surface area contributed by atoms with Crippen LogP contribution in [0.1, 0.15) is 58.6 Å². The van der Waals surface area contributed by atoms with Crippen molar-refractivity contribution in [1.82, 2.24) is 10.2 Å². The lowest BCUT2D eigenvalue weighted by molar-refractivity contribution is -0.140. The Morgan fingerprint density at radius 2 is 1.45 bits per heavy atom. The smallest absolute Gasteiger partial charge is 0.264 e. The molecule has 1 unspecified atom stereocenters. The first-order chi connectivity index (χ1) is 18.7. The molecule has 1 N–H and O–H groups in total. The molecule has 0 heterocycles. The highest BCUT2D eigenvalue weighted by molar-refractivity contribution is 7.92. The maximum atomic E-state index is 14.0. The van der Waals surface area contributed by atoms with Gasteiger partial charge in [-0.1, -0.05) is 74.0 Å². The summed E-state index contributed by atoms with van der Waals surface area (Å²) in [5.74, 6) is -0.640. The van der Waals surface area contributed by atoms with Gasteiger partial charge < -0.3 is 10.2 Å². The maximum absolute atomic E-state index is 14.0. The van der Waals surface area contributed by atoms with Crippen LogP contribution in [0.2, 0.25) is 5.02 Å². The van der Waals surface area contributed by atoms with Gasteiger partial charge in [-0.25, -0.2) is 8.42 Å². The highest BCUT2D eigenvalue weighted by Gasteiger charge is 2.33. The number of hydrogen-bond donors (Lipinski definition) is 1. The third-order valence-corrected chi connectivity index (χ3v) is 8.58. The Bertz CT molecular complexity index is 1420. The molecule has 0 aliphatic heterocycles. The molecule has 2 amide bonds. The summed E-state index contributed by atoms with van der Waals surface area (Å²) in [5, 5.41) is 3.36. The molecular weight excluding hydrogens is 546 g/mol. The van der Waals surface area contributed by atoms with E-state index in [9.17, 15) is 18.0 Å². The summed E-state index contributed by atoms with van der Waals surface area (Å²) in [4.78, 5) is 28.6. The van der Waals surface area contributed by atoms with E-state index in [0.717, 1.165) is 9.87 Å². The normalized spacial score (nSPS) is 12.6. The summed E-state index contributed by atoms with van der Waals surface area (Å²) in [7, 11) is -4.11. The molecule has 0 saturated heterocycles. The lowest BCUT2D eigenvalue weighted by Gasteiger charge is -2.33. The standard InChI is InChI=1S/C31H38ClN3O4S/c1-22(2)24-16-18-26(19-17-24)35(40(38,39)27-13-8-7-9-14-27)21-29(36)34(20-25-12-10-11-15-28(25)32)23(3)30(37)33-31(4,5)6/h7-19,22-23H,20-21H2,1-6H3,(H,33,37). The monoisotopic (exact) mass is 583 g/mol. The number of anilines is 1. The minimum Gasteiger partial charge on any atom is -0.350 e. The number of carbonyl (C=O) groups excluding carboxylic acids is 2. The number of sulfonamides is 1. The summed E-state index contributed by atoms with van der Waals surface area (Å²) in [6, 6.07) is 21.3. The molecular formula is C31H38ClN3O4S. The van der Waals surface area contributed by atoms with E-state index in [0.29, 0.717) is 16.3 Å². The van der Waals surface area contributed by atoms with Crippen LogP contribution < -0.4 is 9.62 Å². The molecule has 0 spiro atoms. The SMILES string of the molecule is CC(C)c1ccc(N(CC(=O)N(Cc2ccccc2Cl)C(C)C(=O)NC(C)(C)C)S(=O)(=O)c2ccccc2)cc1. The van der Waals surface area contributed by atoms with Gasteiger partial charge in [0.1, 0.15) is 12.6 Å². The quantitative estimate of drug-likeness (QED) is 0.317. The van der Waals surface area contributed by atoms with Crippen LogP contribution in [0.4, 0.5) is 5.69 Å². The minimum atomic E-state index is -4.11. The molecule has 0 aromatic heterocycles. The largest absolute Gasteiger partial charge is 0.350 e. The van der Waals surface area contributed by atoms with E-state index in [1.165, 1.54) is 17.0 Å². The molecule has 0 aliphatic carbocycles. The average molecular weight is 584 g/mol. The van der Waals surface area contributed by atoms with Crippen molar-refractivity contribution in [2.45, 2.75) is 70.5 Å². The summed E-state index contributed by atoms with van der Waals surface area (Å²) in [5.41, 5.74) is 1.52. The zero-order valence-corrected chi connectivity index (χ0v) is 25.5. The van der Waals surface area contributed by atoms with Crippen molar-refractivity contribution >= 4 is 39.1 Å². The molecule has 0 bridgehead atoms. The number of nitrogens with zero attached hydrogens (tertiary/aromatic N) is 2. The number of carbonyl (C=O) groups is 2. The zero-order chi connectivity index (χ0) is 29.7. The molecule has 9 heteroatoms. The van der Waals surface area contributed by atoms with Crippen molar-refractivity contribution in [2.75, 3.05) is 10.8 Å². The van der Waals surface area contributed by atoms with Crippen LogP contribution in [0.3, 0.4) is 0 Å². The van der Waals surface area contributed by atoms with E-state index in [4.69, 9.17) is 11.6 Å².